The second-order valence-electron chi connectivity index (χ2n) is 5.62. The maximum absolute atomic E-state index is 4.92. The molecule has 0 amide bonds. The fraction of sp³-hybridized carbons (Fsp3) is 0.625. The maximum atomic E-state index is 4.92. The number of H-pyrrole nitrogens is 1. The summed E-state index contributed by atoms with van der Waals surface area (Å²) in [5.74, 6) is 1.37. The van der Waals surface area contributed by atoms with Crippen molar-refractivity contribution >= 4 is 5.84 Å². The van der Waals surface area contributed by atoms with E-state index >= 15 is 0 Å². The quantitative estimate of drug-likeness (QED) is 0.635. The molecule has 0 aromatic carbocycles. The number of nitrogens with one attached hydrogen (secondary N) is 2. The highest BCUT2D eigenvalue weighted by molar-refractivity contribution is 6.00. The Labute approximate surface area is 121 Å². The number of nitrogens with zero attached hydrogens (tertiary/aromatic N) is 2. The van der Waals surface area contributed by atoms with Gasteiger partial charge in [0, 0.05) is 5.69 Å². The molecule has 0 saturated heterocycles. The monoisotopic (exact) mass is 274 g/mol. The Bertz CT molecular complexity index is 455. The average molecular weight is 274 g/mol. The van der Waals surface area contributed by atoms with Crippen molar-refractivity contribution in [3.05, 3.63) is 30.2 Å². The van der Waals surface area contributed by atoms with Crippen LogP contribution in [0.3, 0.4) is 0 Å². The molecule has 1 heterocycles. The summed E-state index contributed by atoms with van der Waals surface area (Å²) in [5.41, 5.74) is 2.25. The van der Waals surface area contributed by atoms with E-state index in [-0.39, 0.29) is 0 Å². The Morgan fingerprint density at radius 2 is 2.30 bits per heavy atom. The molecule has 110 valence electrons. The van der Waals surface area contributed by atoms with Gasteiger partial charge in [-0.3, -0.25) is 10.1 Å². The maximum Gasteiger partial charge on any atom is 0.136 e. The summed E-state index contributed by atoms with van der Waals surface area (Å²) in [4.78, 5) is 4.92. The molecule has 1 atom stereocenters. The Morgan fingerprint density at radius 1 is 1.55 bits per heavy atom. The Balaban J connectivity index is 2.25. The van der Waals surface area contributed by atoms with E-state index in [1.165, 1.54) is 32.1 Å². The first-order chi connectivity index (χ1) is 9.76. The smallest absolute Gasteiger partial charge is 0.136 e. The van der Waals surface area contributed by atoms with E-state index < -0.39 is 0 Å². The van der Waals surface area contributed by atoms with E-state index in [0.717, 1.165) is 23.5 Å². The molecule has 0 aliphatic heterocycles. The van der Waals surface area contributed by atoms with Crippen molar-refractivity contribution in [3.8, 4) is 0 Å². The van der Waals surface area contributed by atoms with Gasteiger partial charge in [-0.15, -0.1) is 0 Å². The van der Waals surface area contributed by atoms with Crippen LogP contribution in [-0.2, 0) is 0 Å². The predicted molar refractivity (Wildman–Crippen MR) is 84.0 cm³/mol. The van der Waals surface area contributed by atoms with Gasteiger partial charge in [0.2, 0.25) is 0 Å². The second kappa shape index (κ2) is 7.27. The first-order valence-electron chi connectivity index (χ1n) is 7.75. The van der Waals surface area contributed by atoms with Crippen molar-refractivity contribution in [2.75, 3.05) is 0 Å². The van der Waals surface area contributed by atoms with Crippen LogP contribution in [0, 0.1) is 0 Å². The van der Waals surface area contributed by atoms with Crippen LogP contribution < -0.4 is 5.32 Å². The molecule has 1 aromatic rings. The molecule has 4 nitrogen and oxygen atoms in total. The molecule has 1 aliphatic carbocycles. The number of aromatic nitrogens is 2. The van der Waals surface area contributed by atoms with E-state index in [1.54, 1.807) is 6.20 Å². The van der Waals surface area contributed by atoms with Crippen molar-refractivity contribution in [3.63, 3.8) is 0 Å². The third-order valence-corrected chi connectivity index (χ3v) is 4.15. The summed E-state index contributed by atoms with van der Waals surface area (Å²) in [6.45, 7) is 8.18. The van der Waals surface area contributed by atoms with Crippen LogP contribution in [-0.4, -0.2) is 22.1 Å². The van der Waals surface area contributed by atoms with E-state index in [2.05, 4.69) is 35.9 Å². The predicted octanol–water partition coefficient (Wildman–Crippen LogP) is 3.74. The molecule has 20 heavy (non-hydrogen) atoms. The summed E-state index contributed by atoms with van der Waals surface area (Å²) in [6, 6.07) is 0.436. The lowest BCUT2D eigenvalue weighted by Crippen LogP contribution is -2.23. The van der Waals surface area contributed by atoms with Crippen LogP contribution in [0.5, 0.6) is 0 Å². The minimum absolute atomic E-state index is 0.436. The topological polar surface area (TPSA) is 53.1 Å². The highest BCUT2D eigenvalue weighted by Crippen LogP contribution is 2.23. The molecule has 1 aromatic heterocycles. The first-order valence-corrected chi connectivity index (χ1v) is 7.75. The van der Waals surface area contributed by atoms with Gasteiger partial charge in [-0.2, -0.15) is 5.10 Å². The molecular formula is C16H26N4. The lowest BCUT2D eigenvalue weighted by molar-refractivity contribution is 0.443. The van der Waals surface area contributed by atoms with Crippen LogP contribution in [0.1, 0.15) is 69.5 Å². The van der Waals surface area contributed by atoms with Crippen LogP contribution >= 0.6 is 0 Å². The number of amidine groups is 1. The minimum Gasteiger partial charge on any atom is -0.347 e. The largest absolute Gasteiger partial charge is 0.347 e. The zero-order chi connectivity index (χ0) is 14.4. The third-order valence-electron chi connectivity index (χ3n) is 4.15. The average Bonchev–Trinajstić information content (AvgIpc) is 2.96. The van der Waals surface area contributed by atoms with Crippen LogP contribution in [0.4, 0.5) is 0 Å². The summed E-state index contributed by atoms with van der Waals surface area (Å²) in [7, 11) is 0. The minimum atomic E-state index is 0.436. The molecule has 4 heteroatoms. The number of hydrogen-bond acceptors (Lipinski definition) is 2. The summed E-state index contributed by atoms with van der Waals surface area (Å²) < 4.78 is 0. The van der Waals surface area contributed by atoms with Gasteiger partial charge in [0.05, 0.1) is 17.8 Å². The first kappa shape index (κ1) is 14.8. The molecular weight excluding hydrogens is 248 g/mol. The van der Waals surface area contributed by atoms with Gasteiger partial charge in [0.1, 0.15) is 5.84 Å². The Kier molecular flexibility index (Phi) is 5.39. The highest BCUT2D eigenvalue weighted by Gasteiger charge is 2.18. The second-order valence-corrected chi connectivity index (χ2v) is 5.62. The SMILES string of the molecule is C=CNC(=NC1CCCCC1)c1cn[nH]c1C(C)CC. The summed E-state index contributed by atoms with van der Waals surface area (Å²) in [5, 5.41) is 10.5. The van der Waals surface area contributed by atoms with Crippen molar-refractivity contribution < 1.29 is 0 Å². The standard InChI is InChI=1S/C16H26N4/c1-4-12(3)15-14(11-18-20-15)16(17-5-2)19-13-9-7-6-8-10-13/h5,11-13H,2,4,6-10H2,1,3H3,(H,17,19)(H,18,20). The van der Waals surface area contributed by atoms with Crippen molar-refractivity contribution in [2.45, 2.75) is 64.3 Å². The summed E-state index contributed by atoms with van der Waals surface area (Å²) >= 11 is 0. The van der Waals surface area contributed by atoms with Gasteiger partial charge >= 0.3 is 0 Å². The number of aliphatic imine (C=N–C) groups is 1. The van der Waals surface area contributed by atoms with Gasteiger partial charge in [-0.1, -0.05) is 39.7 Å². The van der Waals surface area contributed by atoms with Gasteiger partial charge < -0.3 is 5.32 Å². The Morgan fingerprint density at radius 3 is 2.95 bits per heavy atom. The van der Waals surface area contributed by atoms with E-state index in [0.29, 0.717) is 12.0 Å². The number of aromatic amines is 1. The van der Waals surface area contributed by atoms with Crippen LogP contribution in [0.2, 0.25) is 0 Å². The van der Waals surface area contributed by atoms with Gasteiger partial charge in [0.25, 0.3) is 0 Å². The van der Waals surface area contributed by atoms with Gasteiger partial charge in [-0.25, -0.2) is 0 Å². The zero-order valence-corrected chi connectivity index (χ0v) is 12.7. The third kappa shape index (κ3) is 3.50. The van der Waals surface area contributed by atoms with E-state index in [4.69, 9.17) is 4.99 Å². The molecule has 1 fully saturated rings. The lowest BCUT2D eigenvalue weighted by atomic mass is 9.95. The lowest BCUT2D eigenvalue weighted by Gasteiger charge is -2.20. The molecule has 0 spiro atoms. The van der Waals surface area contributed by atoms with Crippen LogP contribution in [0.15, 0.2) is 24.0 Å². The zero-order valence-electron chi connectivity index (χ0n) is 12.7. The molecule has 1 aliphatic rings. The molecule has 1 saturated carbocycles. The molecule has 0 radical (unpaired) electrons. The molecule has 0 bridgehead atoms. The van der Waals surface area contributed by atoms with Crippen LogP contribution in [0.25, 0.3) is 0 Å². The number of rotatable bonds is 5. The fourth-order valence-corrected chi connectivity index (χ4v) is 2.74. The molecule has 2 N–H and O–H groups in total. The van der Waals surface area contributed by atoms with Gasteiger partial charge in [-0.05, 0) is 31.4 Å². The van der Waals surface area contributed by atoms with E-state index in [9.17, 15) is 0 Å². The van der Waals surface area contributed by atoms with Crippen molar-refractivity contribution in [2.24, 2.45) is 4.99 Å². The van der Waals surface area contributed by atoms with E-state index in [1.807, 2.05) is 6.20 Å². The van der Waals surface area contributed by atoms with Gasteiger partial charge in [0.15, 0.2) is 0 Å². The highest BCUT2D eigenvalue weighted by atomic mass is 15.1. The molecule has 2 rings (SSSR count). The molecule has 1 unspecified atom stereocenters. The van der Waals surface area contributed by atoms with Crippen molar-refractivity contribution in [1.82, 2.24) is 15.5 Å². The fourth-order valence-electron chi connectivity index (χ4n) is 2.74. The van der Waals surface area contributed by atoms with Crippen molar-refractivity contribution in [1.29, 1.82) is 0 Å². The summed E-state index contributed by atoms with van der Waals surface area (Å²) in [6.07, 6.45) is 11.0. The normalized spacial score (nSPS) is 18.8. The number of hydrogen-bond donors (Lipinski definition) is 2. The Hall–Kier alpha value is -1.58.